The number of imide groups is 1. The van der Waals surface area contributed by atoms with E-state index in [0.717, 1.165) is 16.2 Å². The van der Waals surface area contributed by atoms with Crippen molar-refractivity contribution in [1.82, 2.24) is 14.8 Å². The van der Waals surface area contributed by atoms with Crippen LogP contribution >= 0.6 is 0 Å². The van der Waals surface area contributed by atoms with E-state index < -0.39 is 17.8 Å². The number of anilines is 1. The first-order valence-electron chi connectivity index (χ1n) is 10.5. The van der Waals surface area contributed by atoms with E-state index in [-0.39, 0.29) is 17.7 Å². The second-order valence-electron chi connectivity index (χ2n) is 7.79. The molecule has 0 saturated carbocycles. The number of carbonyl (C=O) groups excluding carboxylic acids is 3. The van der Waals surface area contributed by atoms with Gasteiger partial charge < -0.3 is 4.74 Å². The molecule has 0 N–H and O–H groups in total. The molecule has 2 aromatic carbocycles. The lowest BCUT2D eigenvalue weighted by Crippen LogP contribution is -2.29. The summed E-state index contributed by atoms with van der Waals surface area (Å²) in [6.45, 7) is 5.77. The number of amides is 2. The molecular formula is C25H20N4O4. The summed E-state index contributed by atoms with van der Waals surface area (Å²) in [5.74, 6) is -1.37. The fraction of sp³-hybridized carbons (Fsp3) is 0.160. The topological polar surface area (TPSA) is 94.4 Å². The van der Waals surface area contributed by atoms with Crippen LogP contribution in [0.1, 0.15) is 49.3 Å². The van der Waals surface area contributed by atoms with Crippen molar-refractivity contribution in [3.8, 4) is 5.69 Å². The van der Waals surface area contributed by atoms with Crippen molar-refractivity contribution in [2.45, 2.75) is 20.8 Å². The number of nitrogens with zero attached hydrogens (tertiary/aromatic N) is 4. The van der Waals surface area contributed by atoms with Gasteiger partial charge in [0.1, 0.15) is 0 Å². The Morgan fingerprint density at radius 1 is 1.00 bits per heavy atom. The summed E-state index contributed by atoms with van der Waals surface area (Å²) in [5, 5.41) is 5.16. The van der Waals surface area contributed by atoms with Gasteiger partial charge in [-0.05, 0) is 62.7 Å². The molecule has 33 heavy (non-hydrogen) atoms. The Morgan fingerprint density at radius 3 is 2.45 bits per heavy atom. The van der Waals surface area contributed by atoms with Gasteiger partial charge in [0, 0.05) is 6.20 Å². The average molecular weight is 440 g/mol. The van der Waals surface area contributed by atoms with Crippen LogP contribution in [0.5, 0.6) is 0 Å². The maximum atomic E-state index is 13.4. The quantitative estimate of drug-likeness (QED) is 0.352. The molecule has 0 unspecified atom stereocenters. The zero-order valence-corrected chi connectivity index (χ0v) is 18.3. The van der Waals surface area contributed by atoms with Crippen LogP contribution in [0.2, 0.25) is 0 Å². The highest BCUT2D eigenvalue weighted by Crippen LogP contribution is 2.34. The summed E-state index contributed by atoms with van der Waals surface area (Å²) in [6, 6.07) is 14.0. The van der Waals surface area contributed by atoms with Crippen LogP contribution in [0.15, 0.2) is 54.7 Å². The Balaban J connectivity index is 1.59. The van der Waals surface area contributed by atoms with Gasteiger partial charge in [0.05, 0.1) is 45.8 Å². The number of aromatic nitrogens is 3. The molecule has 0 aliphatic carbocycles. The number of benzene rings is 2. The number of esters is 1. The van der Waals surface area contributed by atoms with Gasteiger partial charge in [0.2, 0.25) is 0 Å². The predicted octanol–water partition coefficient (Wildman–Crippen LogP) is 4.01. The summed E-state index contributed by atoms with van der Waals surface area (Å²) in [4.78, 5) is 44.1. The molecule has 0 saturated heterocycles. The van der Waals surface area contributed by atoms with E-state index in [2.05, 4.69) is 10.1 Å². The maximum absolute atomic E-state index is 13.4. The maximum Gasteiger partial charge on any atom is 0.338 e. The number of hydrogen-bond acceptors (Lipinski definition) is 6. The van der Waals surface area contributed by atoms with E-state index in [9.17, 15) is 14.4 Å². The molecule has 1 aliphatic rings. The van der Waals surface area contributed by atoms with E-state index in [4.69, 9.17) is 4.74 Å². The monoisotopic (exact) mass is 440 g/mol. The minimum absolute atomic E-state index is 0.230. The normalized spacial score (nSPS) is 13.0. The standard InChI is InChI=1S/C25H20N4O4/c1-4-33-25(32)16-8-10-17(11-9-16)28-23(30)19-13-26-22-20(21(19)24(28)31)15(3)27-29(22)18-7-5-6-14(2)12-18/h5-13H,4H2,1-3H3. The molecule has 2 amide bonds. The fourth-order valence-electron chi connectivity index (χ4n) is 4.10. The van der Waals surface area contributed by atoms with Gasteiger partial charge in [0.25, 0.3) is 11.8 Å². The molecule has 0 radical (unpaired) electrons. The summed E-state index contributed by atoms with van der Waals surface area (Å²) < 4.78 is 6.68. The highest BCUT2D eigenvalue weighted by atomic mass is 16.5. The Labute approximate surface area is 189 Å². The van der Waals surface area contributed by atoms with Crippen LogP contribution in [0.4, 0.5) is 5.69 Å². The summed E-state index contributed by atoms with van der Waals surface area (Å²) in [7, 11) is 0. The first-order valence-corrected chi connectivity index (χ1v) is 10.5. The molecule has 0 fully saturated rings. The Kier molecular flexibility index (Phi) is 4.78. The van der Waals surface area contributed by atoms with Gasteiger partial charge in [-0.15, -0.1) is 0 Å². The number of pyridine rings is 1. The van der Waals surface area contributed by atoms with E-state index in [0.29, 0.717) is 28.0 Å². The van der Waals surface area contributed by atoms with Crippen molar-refractivity contribution in [1.29, 1.82) is 0 Å². The number of aryl methyl sites for hydroxylation is 2. The van der Waals surface area contributed by atoms with Gasteiger partial charge in [-0.3, -0.25) is 9.59 Å². The van der Waals surface area contributed by atoms with Gasteiger partial charge in [-0.2, -0.15) is 5.10 Å². The summed E-state index contributed by atoms with van der Waals surface area (Å²) >= 11 is 0. The molecule has 4 aromatic rings. The van der Waals surface area contributed by atoms with Crippen molar-refractivity contribution in [2.75, 3.05) is 11.5 Å². The molecule has 2 aromatic heterocycles. The minimum Gasteiger partial charge on any atom is -0.462 e. The van der Waals surface area contributed by atoms with Crippen molar-refractivity contribution in [3.05, 3.63) is 82.7 Å². The van der Waals surface area contributed by atoms with Crippen molar-refractivity contribution < 1.29 is 19.1 Å². The number of ether oxygens (including phenoxy) is 1. The van der Waals surface area contributed by atoms with Gasteiger partial charge >= 0.3 is 5.97 Å². The van der Waals surface area contributed by atoms with Crippen LogP contribution in [0.3, 0.4) is 0 Å². The number of rotatable bonds is 4. The highest BCUT2D eigenvalue weighted by Gasteiger charge is 2.40. The molecular weight excluding hydrogens is 420 g/mol. The predicted molar refractivity (Wildman–Crippen MR) is 122 cm³/mol. The fourth-order valence-corrected chi connectivity index (χ4v) is 4.10. The Hall–Kier alpha value is -4.33. The van der Waals surface area contributed by atoms with Crippen molar-refractivity contribution >= 4 is 34.5 Å². The van der Waals surface area contributed by atoms with Crippen molar-refractivity contribution in [3.63, 3.8) is 0 Å². The van der Waals surface area contributed by atoms with E-state index in [1.54, 1.807) is 30.7 Å². The summed E-state index contributed by atoms with van der Waals surface area (Å²) in [6.07, 6.45) is 1.43. The van der Waals surface area contributed by atoms with Gasteiger partial charge in [-0.1, -0.05) is 12.1 Å². The van der Waals surface area contributed by atoms with Crippen molar-refractivity contribution in [2.24, 2.45) is 0 Å². The molecule has 0 atom stereocenters. The molecule has 164 valence electrons. The first kappa shape index (κ1) is 20.6. The SMILES string of the molecule is CCOC(=O)c1ccc(N2C(=O)c3cnc4c(c(C)nn4-c4cccc(C)c4)c3C2=O)cc1. The molecule has 0 spiro atoms. The zero-order chi connectivity index (χ0) is 23.3. The third-order valence-electron chi connectivity index (χ3n) is 5.60. The van der Waals surface area contributed by atoms with E-state index in [1.165, 1.54) is 18.3 Å². The number of hydrogen-bond donors (Lipinski definition) is 0. The van der Waals surface area contributed by atoms with Gasteiger partial charge in [-0.25, -0.2) is 19.4 Å². The molecule has 3 heterocycles. The third kappa shape index (κ3) is 3.18. The van der Waals surface area contributed by atoms with E-state index >= 15 is 0 Å². The lowest BCUT2D eigenvalue weighted by Gasteiger charge is -2.14. The average Bonchev–Trinajstić information content (AvgIpc) is 3.28. The second kappa shape index (κ2) is 7.67. The lowest BCUT2D eigenvalue weighted by molar-refractivity contribution is 0.0526. The Morgan fingerprint density at radius 2 is 1.76 bits per heavy atom. The number of fused-ring (bicyclic) bond motifs is 3. The summed E-state index contributed by atoms with van der Waals surface area (Å²) in [5.41, 5.74) is 4.24. The molecule has 0 bridgehead atoms. The van der Waals surface area contributed by atoms with Crippen LogP contribution in [-0.2, 0) is 4.74 Å². The second-order valence-corrected chi connectivity index (χ2v) is 7.79. The lowest BCUT2D eigenvalue weighted by atomic mass is 10.1. The molecule has 1 aliphatic heterocycles. The highest BCUT2D eigenvalue weighted by molar-refractivity contribution is 6.37. The molecule has 8 nitrogen and oxygen atoms in total. The van der Waals surface area contributed by atoms with Crippen LogP contribution < -0.4 is 4.90 Å². The third-order valence-corrected chi connectivity index (χ3v) is 5.60. The smallest absolute Gasteiger partial charge is 0.338 e. The largest absolute Gasteiger partial charge is 0.462 e. The van der Waals surface area contributed by atoms with E-state index in [1.807, 2.05) is 31.2 Å². The van der Waals surface area contributed by atoms with Gasteiger partial charge in [0.15, 0.2) is 5.65 Å². The first-order chi connectivity index (χ1) is 15.9. The van der Waals surface area contributed by atoms with Crippen LogP contribution in [0, 0.1) is 13.8 Å². The zero-order valence-electron chi connectivity index (χ0n) is 18.3. The minimum atomic E-state index is -0.462. The molecule has 8 heteroatoms. The number of carbonyl (C=O) groups is 3. The van der Waals surface area contributed by atoms with Crippen LogP contribution in [-0.4, -0.2) is 39.2 Å². The van der Waals surface area contributed by atoms with Crippen LogP contribution in [0.25, 0.3) is 16.7 Å². The Bertz CT molecular complexity index is 1450. The molecule has 5 rings (SSSR count).